The standard InChI is InChI=1S/C28H32FN3O5/c1-17-12-20(29)13-18(2)26(17)37-24-7-6-19(28(3,4)35)14-21(24)22-16-31(5)25(33)15-23(22)30-27(34)32-8-10-36-11-9-32/h6-7,12-16,35H,8-11H2,1-5H3,(H,30,34). The van der Waals surface area contributed by atoms with E-state index in [1.54, 1.807) is 64.0 Å². The van der Waals surface area contributed by atoms with Crippen LogP contribution in [0.3, 0.4) is 0 Å². The predicted molar refractivity (Wildman–Crippen MR) is 140 cm³/mol. The fourth-order valence-electron chi connectivity index (χ4n) is 4.29. The zero-order valence-corrected chi connectivity index (χ0v) is 21.7. The molecule has 1 fully saturated rings. The Labute approximate surface area is 215 Å². The molecule has 2 amide bonds. The number of carbonyl (C=O) groups excluding carboxylic acids is 1. The Kier molecular flexibility index (Phi) is 7.38. The molecule has 2 heterocycles. The van der Waals surface area contributed by atoms with Gasteiger partial charge in [-0.2, -0.15) is 0 Å². The van der Waals surface area contributed by atoms with Crippen molar-refractivity contribution in [3.63, 3.8) is 0 Å². The number of aliphatic hydroxyl groups is 1. The molecule has 4 rings (SSSR count). The molecule has 1 aliphatic rings. The van der Waals surface area contributed by atoms with Gasteiger partial charge in [0, 0.05) is 43.5 Å². The molecule has 0 spiro atoms. The summed E-state index contributed by atoms with van der Waals surface area (Å²) in [6.07, 6.45) is 1.62. The van der Waals surface area contributed by atoms with E-state index in [-0.39, 0.29) is 17.4 Å². The van der Waals surface area contributed by atoms with Crippen molar-refractivity contribution in [1.82, 2.24) is 9.47 Å². The van der Waals surface area contributed by atoms with Gasteiger partial charge in [0.15, 0.2) is 0 Å². The summed E-state index contributed by atoms with van der Waals surface area (Å²) in [4.78, 5) is 27.2. The summed E-state index contributed by atoms with van der Waals surface area (Å²) >= 11 is 0. The van der Waals surface area contributed by atoms with E-state index in [0.717, 1.165) is 0 Å². The highest BCUT2D eigenvalue weighted by molar-refractivity contribution is 5.95. The van der Waals surface area contributed by atoms with Crippen LogP contribution in [0.5, 0.6) is 11.5 Å². The van der Waals surface area contributed by atoms with Gasteiger partial charge < -0.3 is 29.4 Å². The summed E-state index contributed by atoms with van der Waals surface area (Å²) < 4.78 is 27.0. The minimum absolute atomic E-state index is 0.299. The highest BCUT2D eigenvalue weighted by Gasteiger charge is 2.24. The average Bonchev–Trinajstić information content (AvgIpc) is 2.83. The molecular formula is C28H32FN3O5. The van der Waals surface area contributed by atoms with Gasteiger partial charge in [0.05, 0.1) is 24.5 Å². The van der Waals surface area contributed by atoms with E-state index in [1.807, 2.05) is 0 Å². The molecule has 1 aromatic heterocycles. The van der Waals surface area contributed by atoms with Gasteiger partial charge in [-0.15, -0.1) is 0 Å². The molecule has 3 aromatic rings. The van der Waals surface area contributed by atoms with Crippen LogP contribution in [0.15, 0.2) is 47.4 Å². The summed E-state index contributed by atoms with van der Waals surface area (Å²) in [5, 5.41) is 13.6. The first-order valence-corrected chi connectivity index (χ1v) is 12.1. The van der Waals surface area contributed by atoms with E-state index < -0.39 is 5.60 Å². The molecule has 1 aliphatic heterocycles. The molecule has 2 aromatic carbocycles. The number of carbonyl (C=O) groups is 1. The van der Waals surface area contributed by atoms with Crippen LogP contribution in [0, 0.1) is 19.7 Å². The minimum atomic E-state index is -1.16. The second-order valence-corrected chi connectivity index (χ2v) is 9.82. The predicted octanol–water partition coefficient (Wildman–Crippen LogP) is 4.69. The smallest absolute Gasteiger partial charge is 0.322 e. The summed E-state index contributed by atoms with van der Waals surface area (Å²) in [5.41, 5.74) is 1.79. The van der Waals surface area contributed by atoms with Gasteiger partial charge >= 0.3 is 6.03 Å². The fraction of sp³-hybridized carbons (Fsp3) is 0.357. The molecule has 9 heteroatoms. The third-order valence-electron chi connectivity index (χ3n) is 6.38. The normalized spacial score (nSPS) is 14.0. The number of urea groups is 1. The maximum Gasteiger partial charge on any atom is 0.322 e. The number of nitrogens with one attached hydrogen (secondary N) is 1. The van der Waals surface area contributed by atoms with Gasteiger partial charge in [0.25, 0.3) is 5.56 Å². The Bertz CT molecular complexity index is 1360. The van der Waals surface area contributed by atoms with Crippen molar-refractivity contribution < 1.29 is 23.8 Å². The molecular weight excluding hydrogens is 477 g/mol. The summed E-state index contributed by atoms with van der Waals surface area (Å²) in [6.45, 7) is 8.63. The number of hydrogen-bond donors (Lipinski definition) is 2. The Morgan fingerprint density at radius 2 is 1.73 bits per heavy atom. The molecule has 0 radical (unpaired) electrons. The van der Waals surface area contributed by atoms with Gasteiger partial charge in [-0.1, -0.05) is 6.07 Å². The lowest BCUT2D eigenvalue weighted by atomic mass is 9.93. The SMILES string of the molecule is Cc1cc(F)cc(C)c1Oc1ccc(C(C)(C)O)cc1-c1cn(C)c(=O)cc1NC(=O)N1CCOCC1. The highest BCUT2D eigenvalue weighted by Crippen LogP contribution is 2.41. The number of morpholine rings is 1. The van der Waals surface area contributed by atoms with Crippen molar-refractivity contribution in [3.8, 4) is 22.6 Å². The molecule has 0 bridgehead atoms. The van der Waals surface area contributed by atoms with Gasteiger partial charge in [0.1, 0.15) is 17.3 Å². The maximum absolute atomic E-state index is 13.9. The fourth-order valence-corrected chi connectivity index (χ4v) is 4.29. The number of ether oxygens (including phenoxy) is 2. The van der Waals surface area contributed by atoms with Crippen molar-refractivity contribution in [2.45, 2.75) is 33.3 Å². The van der Waals surface area contributed by atoms with Gasteiger partial charge in [-0.3, -0.25) is 4.79 Å². The number of halogens is 1. The lowest BCUT2D eigenvalue weighted by Crippen LogP contribution is -2.43. The van der Waals surface area contributed by atoms with Crippen LogP contribution >= 0.6 is 0 Å². The van der Waals surface area contributed by atoms with Crippen LogP contribution in [-0.2, 0) is 17.4 Å². The van der Waals surface area contributed by atoms with E-state index in [2.05, 4.69) is 5.32 Å². The Morgan fingerprint density at radius 3 is 2.35 bits per heavy atom. The highest BCUT2D eigenvalue weighted by atomic mass is 19.1. The van der Waals surface area contributed by atoms with Crippen LogP contribution < -0.4 is 15.6 Å². The molecule has 1 saturated heterocycles. The largest absolute Gasteiger partial charge is 0.456 e. The molecule has 0 saturated carbocycles. The van der Waals surface area contributed by atoms with Crippen molar-refractivity contribution in [1.29, 1.82) is 0 Å². The maximum atomic E-state index is 13.9. The number of nitrogens with zero attached hydrogens (tertiary/aromatic N) is 2. The summed E-state index contributed by atoms with van der Waals surface area (Å²) in [7, 11) is 1.62. The second-order valence-electron chi connectivity index (χ2n) is 9.82. The number of anilines is 1. The van der Waals surface area contributed by atoms with Crippen molar-refractivity contribution >= 4 is 11.7 Å². The summed E-state index contributed by atoms with van der Waals surface area (Å²) in [5.74, 6) is 0.569. The molecule has 37 heavy (non-hydrogen) atoms. The quantitative estimate of drug-likeness (QED) is 0.521. The first kappa shape index (κ1) is 26.4. The molecule has 0 atom stereocenters. The third kappa shape index (κ3) is 5.84. The van der Waals surface area contributed by atoms with Crippen molar-refractivity contribution in [2.24, 2.45) is 7.05 Å². The van der Waals surface area contributed by atoms with E-state index in [4.69, 9.17) is 9.47 Å². The molecule has 0 aliphatic carbocycles. The van der Waals surface area contributed by atoms with E-state index in [1.165, 1.54) is 22.8 Å². The lowest BCUT2D eigenvalue weighted by Gasteiger charge is -2.27. The van der Waals surface area contributed by atoms with Crippen LogP contribution in [0.2, 0.25) is 0 Å². The zero-order chi connectivity index (χ0) is 26.9. The Balaban J connectivity index is 1.86. The second kappa shape index (κ2) is 10.4. The molecule has 2 N–H and O–H groups in total. The van der Waals surface area contributed by atoms with Crippen LogP contribution in [0.4, 0.5) is 14.9 Å². The van der Waals surface area contributed by atoms with Crippen molar-refractivity contribution in [2.75, 3.05) is 31.6 Å². The Hall–Kier alpha value is -3.69. The van der Waals surface area contributed by atoms with Gasteiger partial charge in [0.2, 0.25) is 0 Å². The monoisotopic (exact) mass is 509 g/mol. The van der Waals surface area contributed by atoms with Gasteiger partial charge in [-0.25, -0.2) is 9.18 Å². The van der Waals surface area contributed by atoms with E-state index >= 15 is 0 Å². The number of pyridine rings is 1. The number of rotatable bonds is 5. The molecule has 196 valence electrons. The van der Waals surface area contributed by atoms with Crippen molar-refractivity contribution in [3.05, 3.63) is 75.5 Å². The van der Waals surface area contributed by atoms with Crippen LogP contribution in [0.1, 0.15) is 30.5 Å². The molecule has 8 nitrogen and oxygen atoms in total. The number of aryl methyl sites for hydroxylation is 3. The first-order valence-electron chi connectivity index (χ1n) is 12.1. The van der Waals surface area contributed by atoms with E-state index in [9.17, 15) is 19.1 Å². The topological polar surface area (TPSA) is 93.0 Å². The summed E-state index contributed by atoms with van der Waals surface area (Å²) in [6, 6.07) is 9.06. The number of hydrogen-bond acceptors (Lipinski definition) is 5. The number of aromatic nitrogens is 1. The lowest BCUT2D eigenvalue weighted by molar-refractivity contribution is 0.0564. The van der Waals surface area contributed by atoms with Crippen LogP contribution in [-0.4, -0.2) is 46.9 Å². The first-order chi connectivity index (χ1) is 17.4. The Morgan fingerprint density at radius 1 is 1.08 bits per heavy atom. The van der Waals surface area contributed by atoms with E-state index in [0.29, 0.717) is 71.3 Å². The average molecular weight is 510 g/mol. The third-order valence-corrected chi connectivity index (χ3v) is 6.38. The van der Waals surface area contributed by atoms with Gasteiger partial charge in [-0.05, 0) is 68.7 Å². The number of benzene rings is 2. The molecule has 0 unspecified atom stereocenters. The zero-order valence-electron chi connectivity index (χ0n) is 21.7. The number of amides is 2. The van der Waals surface area contributed by atoms with Crippen LogP contribution in [0.25, 0.3) is 11.1 Å². The minimum Gasteiger partial charge on any atom is -0.456 e.